The summed E-state index contributed by atoms with van der Waals surface area (Å²) in [7, 11) is 1.71. The van der Waals surface area contributed by atoms with E-state index in [-0.39, 0.29) is 11.9 Å². The van der Waals surface area contributed by atoms with Gasteiger partial charge in [0.15, 0.2) is 5.82 Å². The second kappa shape index (κ2) is 6.40. The molecule has 1 aliphatic heterocycles. The third kappa shape index (κ3) is 2.50. The highest BCUT2D eigenvalue weighted by Crippen LogP contribution is 2.38. The maximum absolute atomic E-state index is 13.8. The molecule has 0 bridgehead atoms. The number of halogens is 1. The topological polar surface area (TPSA) is 30.3 Å². The molecule has 4 nitrogen and oxygen atoms in total. The van der Waals surface area contributed by atoms with Gasteiger partial charge in [0.25, 0.3) is 0 Å². The van der Waals surface area contributed by atoms with Crippen molar-refractivity contribution in [1.29, 1.82) is 0 Å². The second-order valence-electron chi connectivity index (χ2n) is 7.05. The molecule has 0 radical (unpaired) electrons. The van der Waals surface area contributed by atoms with Crippen LogP contribution in [0.15, 0.2) is 30.5 Å². The molecular weight excluding hydrogens is 329 g/mol. The minimum Gasteiger partial charge on any atom is -0.364 e. The molecule has 1 unspecified atom stereocenters. The van der Waals surface area contributed by atoms with Crippen molar-refractivity contribution in [3.05, 3.63) is 58.7 Å². The number of anilines is 1. The summed E-state index contributed by atoms with van der Waals surface area (Å²) < 4.78 is 21.4. The van der Waals surface area contributed by atoms with E-state index in [1.165, 1.54) is 22.2 Å². The first-order valence-corrected chi connectivity index (χ1v) is 9.01. The molecule has 4 rings (SSSR count). The van der Waals surface area contributed by atoms with Crippen molar-refractivity contribution >= 4 is 16.7 Å². The maximum Gasteiger partial charge on any atom is 0.153 e. The Bertz CT molecular complexity index is 979. The number of fused-ring (bicyclic) bond motifs is 2. The number of ether oxygens (including phenoxy) is 1. The fraction of sp³-hybridized carbons (Fsp3) is 0.381. The van der Waals surface area contributed by atoms with E-state index >= 15 is 0 Å². The molecule has 3 aromatic rings. The first-order valence-electron chi connectivity index (χ1n) is 9.01. The third-order valence-electron chi connectivity index (χ3n) is 5.70. The number of hydrogen-bond donors (Lipinski definition) is 0. The molecule has 0 saturated heterocycles. The number of benzene rings is 1. The smallest absolute Gasteiger partial charge is 0.153 e. The van der Waals surface area contributed by atoms with Gasteiger partial charge >= 0.3 is 0 Å². The van der Waals surface area contributed by atoms with Crippen molar-refractivity contribution in [2.45, 2.75) is 40.0 Å². The summed E-state index contributed by atoms with van der Waals surface area (Å²) >= 11 is 0. The number of aromatic nitrogens is 2. The molecule has 0 saturated carbocycles. The molecule has 2 aromatic heterocycles. The zero-order valence-electron chi connectivity index (χ0n) is 15.7. The lowest BCUT2D eigenvalue weighted by Gasteiger charge is -2.36. The normalized spacial score (nSPS) is 17.0. The van der Waals surface area contributed by atoms with Crippen LogP contribution in [0.3, 0.4) is 0 Å². The number of hydrogen-bond acceptors (Lipinski definition) is 3. The fourth-order valence-corrected chi connectivity index (χ4v) is 4.15. The Morgan fingerprint density at radius 1 is 1.27 bits per heavy atom. The van der Waals surface area contributed by atoms with Gasteiger partial charge in [-0.1, -0.05) is 6.07 Å². The summed E-state index contributed by atoms with van der Waals surface area (Å²) in [5.74, 6) is 0.760. The van der Waals surface area contributed by atoms with Crippen LogP contribution < -0.4 is 4.90 Å². The van der Waals surface area contributed by atoms with Crippen LogP contribution >= 0.6 is 0 Å². The van der Waals surface area contributed by atoms with Gasteiger partial charge in [0, 0.05) is 30.9 Å². The second-order valence-corrected chi connectivity index (χ2v) is 7.05. The van der Waals surface area contributed by atoms with Crippen LogP contribution in [-0.4, -0.2) is 23.2 Å². The quantitative estimate of drug-likeness (QED) is 0.693. The highest BCUT2D eigenvalue weighted by atomic mass is 19.1. The van der Waals surface area contributed by atoms with Crippen molar-refractivity contribution in [2.75, 3.05) is 18.6 Å². The molecule has 1 atom stereocenters. The van der Waals surface area contributed by atoms with Crippen molar-refractivity contribution in [3.8, 4) is 0 Å². The zero-order valence-corrected chi connectivity index (χ0v) is 15.7. The van der Waals surface area contributed by atoms with Crippen LogP contribution in [0.2, 0.25) is 0 Å². The molecule has 1 aliphatic rings. The number of pyridine rings is 1. The van der Waals surface area contributed by atoms with Gasteiger partial charge in [0.05, 0.1) is 11.6 Å². The molecule has 0 N–H and O–H groups in total. The van der Waals surface area contributed by atoms with Crippen LogP contribution in [0.25, 0.3) is 10.9 Å². The van der Waals surface area contributed by atoms with Gasteiger partial charge in [-0.3, -0.25) is 0 Å². The molecule has 1 aromatic carbocycles. The summed E-state index contributed by atoms with van der Waals surface area (Å²) in [5, 5.41) is 1.20. The number of rotatable bonds is 3. The Morgan fingerprint density at radius 2 is 2.08 bits per heavy atom. The van der Waals surface area contributed by atoms with Gasteiger partial charge in [-0.25, -0.2) is 9.37 Å². The van der Waals surface area contributed by atoms with Gasteiger partial charge in [0.2, 0.25) is 0 Å². The lowest BCUT2D eigenvalue weighted by molar-refractivity contribution is 0.133. The first kappa shape index (κ1) is 17.0. The monoisotopic (exact) mass is 353 g/mol. The van der Waals surface area contributed by atoms with Gasteiger partial charge in [-0.05, 0) is 62.1 Å². The fourth-order valence-electron chi connectivity index (χ4n) is 4.15. The van der Waals surface area contributed by atoms with E-state index in [2.05, 4.69) is 36.3 Å². The molecule has 0 fully saturated rings. The number of methoxy groups -OCH3 is 1. The van der Waals surface area contributed by atoms with E-state index in [9.17, 15) is 4.39 Å². The van der Waals surface area contributed by atoms with E-state index < -0.39 is 0 Å². The van der Waals surface area contributed by atoms with Gasteiger partial charge < -0.3 is 14.2 Å². The molecule has 0 amide bonds. The minimum absolute atomic E-state index is 0.0686. The van der Waals surface area contributed by atoms with Gasteiger partial charge in [-0.15, -0.1) is 0 Å². The molecule has 26 heavy (non-hydrogen) atoms. The van der Waals surface area contributed by atoms with Crippen molar-refractivity contribution in [2.24, 2.45) is 0 Å². The molecule has 5 heteroatoms. The highest BCUT2D eigenvalue weighted by molar-refractivity contribution is 5.93. The van der Waals surface area contributed by atoms with E-state index in [0.29, 0.717) is 6.73 Å². The largest absolute Gasteiger partial charge is 0.364 e. The molecule has 0 spiro atoms. The first-order chi connectivity index (χ1) is 12.5. The number of nitrogens with zero attached hydrogens (tertiary/aromatic N) is 3. The molecular formula is C21H24FN3O. The van der Waals surface area contributed by atoms with Gasteiger partial charge in [0.1, 0.15) is 12.5 Å². The van der Waals surface area contributed by atoms with E-state index in [0.717, 1.165) is 29.9 Å². The molecule has 0 aliphatic carbocycles. The Kier molecular flexibility index (Phi) is 4.19. The summed E-state index contributed by atoms with van der Waals surface area (Å²) in [5.41, 5.74) is 5.80. The Hall–Kier alpha value is -2.40. The predicted octanol–water partition coefficient (Wildman–Crippen LogP) is 4.52. The molecule has 136 valence electrons. The lowest BCUT2D eigenvalue weighted by atomic mass is 9.93. The minimum atomic E-state index is -0.182. The standard InChI is InChI=1S/C21H24FN3O/c1-13-14(2)25(12-26-4)20-18(13)7-9-23-21(20)24-10-8-16-5-6-17(22)11-19(16)15(24)3/h5-7,9,11,15H,8,10,12H2,1-4H3. The summed E-state index contributed by atoms with van der Waals surface area (Å²) in [6.45, 7) is 7.73. The van der Waals surface area contributed by atoms with Crippen molar-refractivity contribution in [3.63, 3.8) is 0 Å². The number of aryl methyl sites for hydroxylation is 1. The average Bonchev–Trinajstić information content (AvgIpc) is 2.88. The average molecular weight is 353 g/mol. The maximum atomic E-state index is 13.8. The summed E-state index contributed by atoms with van der Waals surface area (Å²) in [4.78, 5) is 7.02. The van der Waals surface area contributed by atoms with Crippen LogP contribution in [0.1, 0.15) is 35.3 Å². The van der Waals surface area contributed by atoms with Crippen molar-refractivity contribution < 1.29 is 9.13 Å². The van der Waals surface area contributed by atoms with Crippen LogP contribution in [0, 0.1) is 19.7 Å². The van der Waals surface area contributed by atoms with Crippen LogP contribution in [-0.2, 0) is 17.9 Å². The van der Waals surface area contributed by atoms with Gasteiger partial charge in [-0.2, -0.15) is 0 Å². The zero-order chi connectivity index (χ0) is 18.4. The Morgan fingerprint density at radius 3 is 2.85 bits per heavy atom. The Labute approximate surface area is 153 Å². The van der Waals surface area contributed by atoms with Crippen molar-refractivity contribution in [1.82, 2.24) is 9.55 Å². The Balaban J connectivity index is 1.88. The highest BCUT2D eigenvalue weighted by Gasteiger charge is 2.28. The predicted molar refractivity (Wildman–Crippen MR) is 102 cm³/mol. The summed E-state index contributed by atoms with van der Waals surface area (Å²) in [6, 6.07) is 7.26. The van der Waals surface area contributed by atoms with E-state index in [4.69, 9.17) is 9.72 Å². The van der Waals surface area contributed by atoms with Crippen LogP contribution in [0.5, 0.6) is 0 Å². The SMILES string of the molecule is COCn1c(C)c(C)c2ccnc(N3CCc4ccc(F)cc4C3C)c21. The third-order valence-corrected chi connectivity index (χ3v) is 5.70. The molecule has 3 heterocycles. The van der Waals surface area contributed by atoms with E-state index in [1.807, 2.05) is 12.3 Å². The lowest BCUT2D eigenvalue weighted by Crippen LogP contribution is -2.35. The summed E-state index contributed by atoms with van der Waals surface area (Å²) in [6.07, 6.45) is 2.76. The van der Waals surface area contributed by atoms with Crippen LogP contribution in [0.4, 0.5) is 10.2 Å². The van der Waals surface area contributed by atoms with E-state index in [1.54, 1.807) is 19.2 Å².